The van der Waals surface area contributed by atoms with Gasteiger partial charge in [-0.15, -0.1) is 11.6 Å². The Bertz CT molecular complexity index is 258. The van der Waals surface area contributed by atoms with E-state index in [-0.39, 0.29) is 6.10 Å². The van der Waals surface area contributed by atoms with Crippen molar-refractivity contribution in [1.82, 2.24) is 0 Å². The number of nitrogens with one attached hydrogen (secondary N) is 1. The van der Waals surface area contributed by atoms with E-state index in [2.05, 4.69) is 5.32 Å². The van der Waals surface area contributed by atoms with Crippen molar-refractivity contribution < 1.29 is 4.74 Å². The molecule has 0 aliphatic carbocycles. The molecule has 0 atom stereocenters. The van der Waals surface area contributed by atoms with Crippen LogP contribution in [-0.4, -0.2) is 18.5 Å². The van der Waals surface area contributed by atoms with Gasteiger partial charge < -0.3 is 10.1 Å². The van der Waals surface area contributed by atoms with Gasteiger partial charge >= 0.3 is 0 Å². The van der Waals surface area contributed by atoms with E-state index in [0.717, 1.165) is 18.0 Å². The molecular formula is C11H16ClNO. The van der Waals surface area contributed by atoms with Gasteiger partial charge in [-0.3, -0.25) is 0 Å². The number of hydrogen-bond donors (Lipinski definition) is 1. The van der Waals surface area contributed by atoms with Crippen LogP contribution in [0.25, 0.3) is 0 Å². The van der Waals surface area contributed by atoms with E-state index >= 15 is 0 Å². The third kappa shape index (κ3) is 3.88. The number of anilines is 1. The molecule has 0 bridgehead atoms. The maximum Gasteiger partial charge on any atom is 0.119 e. The third-order valence-electron chi connectivity index (χ3n) is 1.65. The first-order valence-electron chi connectivity index (χ1n) is 4.79. The number of rotatable bonds is 5. The van der Waals surface area contributed by atoms with Crippen molar-refractivity contribution in [2.24, 2.45) is 0 Å². The SMILES string of the molecule is CC(C)Oc1ccc(NCCCl)cc1. The highest BCUT2D eigenvalue weighted by atomic mass is 35.5. The zero-order valence-corrected chi connectivity index (χ0v) is 9.34. The molecule has 0 saturated heterocycles. The van der Waals surface area contributed by atoms with Gasteiger partial charge in [-0.2, -0.15) is 0 Å². The Morgan fingerprint density at radius 1 is 1.29 bits per heavy atom. The average Bonchev–Trinajstić information content (AvgIpc) is 2.16. The number of ether oxygens (including phenoxy) is 1. The van der Waals surface area contributed by atoms with Crippen LogP contribution in [0.4, 0.5) is 5.69 Å². The van der Waals surface area contributed by atoms with Gasteiger partial charge in [-0.1, -0.05) is 0 Å². The lowest BCUT2D eigenvalue weighted by atomic mass is 10.3. The fourth-order valence-corrected chi connectivity index (χ4v) is 1.21. The van der Waals surface area contributed by atoms with E-state index in [9.17, 15) is 0 Å². The summed E-state index contributed by atoms with van der Waals surface area (Å²) in [4.78, 5) is 0. The zero-order valence-electron chi connectivity index (χ0n) is 8.59. The summed E-state index contributed by atoms with van der Waals surface area (Å²) in [5.41, 5.74) is 1.07. The summed E-state index contributed by atoms with van der Waals surface area (Å²) in [6.07, 6.45) is 0.219. The maximum absolute atomic E-state index is 5.56. The van der Waals surface area contributed by atoms with Gasteiger partial charge in [0.25, 0.3) is 0 Å². The first kappa shape index (κ1) is 11.2. The summed E-state index contributed by atoms with van der Waals surface area (Å²) in [5, 5.41) is 3.19. The van der Waals surface area contributed by atoms with Crippen molar-refractivity contribution in [2.45, 2.75) is 20.0 Å². The predicted molar refractivity (Wildman–Crippen MR) is 61.4 cm³/mol. The Kier molecular flexibility index (Phi) is 4.60. The van der Waals surface area contributed by atoms with Gasteiger partial charge in [-0.05, 0) is 38.1 Å². The van der Waals surface area contributed by atoms with Crippen LogP contribution in [0.5, 0.6) is 5.75 Å². The van der Waals surface area contributed by atoms with E-state index in [1.54, 1.807) is 0 Å². The summed E-state index contributed by atoms with van der Waals surface area (Å²) in [6.45, 7) is 4.81. The lowest BCUT2D eigenvalue weighted by Crippen LogP contribution is -2.06. The summed E-state index contributed by atoms with van der Waals surface area (Å²) in [5.74, 6) is 1.51. The van der Waals surface area contributed by atoms with Crippen LogP contribution in [0.15, 0.2) is 24.3 Å². The largest absolute Gasteiger partial charge is 0.491 e. The minimum Gasteiger partial charge on any atom is -0.491 e. The molecule has 3 heteroatoms. The zero-order chi connectivity index (χ0) is 10.4. The fraction of sp³-hybridized carbons (Fsp3) is 0.455. The standard InChI is InChI=1S/C11H16ClNO/c1-9(2)14-11-5-3-10(4-6-11)13-8-7-12/h3-6,9,13H,7-8H2,1-2H3. The van der Waals surface area contributed by atoms with Crippen molar-refractivity contribution in [3.05, 3.63) is 24.3 Å². The lowest BCUT2D eigenvalue weighted by molar-refractivity contribution is 0.242. The second-order valence-electron chi connectivity index (χ2n) is 3.31. The number of halogens is 1. The first-order valence-corrected chi connectivity index (χ1v) is 5.32. The fourth-order valence-electron chi connectivity index (χ4n) is 1.12. The molecule has 0 aliphatic heterocycles. The van der Waals surface area contributed by atoms with E-state index in [0.29, 0.717) is 5.88 Å². The summed E-state index contributed by atoms with van der Waals surface area (Å²) < 4.78 is 5.52. The lowest BCUT2D eigenvalue weighted by Gasteiger charge is -2.10. The monoisotopic (exact) mass is 213 g/mol. The highest BCUT2D eigenvalue weighted by molar-refractivity contribution is 6.18. The Labute approximate surface area is 90.2 Å². The quantitative estimate of drug-likeness (QED) is 0.759. The van der Waals surface area contributed by atoms with Crippen molar-refractivity contribution in [1.29, 1.82) is 0 Å². The molecule has 0 unspecified atom stereocenters. The summed E-state index contributed by atoms with van der Waals surface area (Å²) in [6, 6.07) is 7.89. The molecule has 0 amide bonds. The average molecular weight is 214 g/mol. The number of hydrogen-bond acceptors (Lipinski definition) is 2. The van der Waals surface area contributed by atoms with Crippen LogP contribution in [-0.2, 0) is 0 Å². The van der Waals surface area contributed by atoms with E-state index in [1.807, 2.05) is 38.1 Å². The van der Waals surface area contributed by atoms with E-state index in [1.165, 1.54) is 0 Å². The molecule has 1 aromatic rings. The van der Waals surface area contributed by atoms with Crippen LogP contribution in [0.3, 0.4) is 0 Å². The predicted octanol–water partition coefficient (Wildman–Crippen LogP) is 3.12. The normalized spacial score (nSPS) is 10.3. The summed E-state index contributed by atoms with van der Waals surface area (Å²) >= 11 is 5.56. The first-order chi connectivity index (χ1) is 6.72. The minimum absolute atomic E-state index is 0.219. The van der Waals surface area contributed by atoms with Crippen molar-refractivity contribution >= 4 is 17.3 Å². The van der Waals surface area contributed by atoms with Crippen LogP contribution >= 0.6 is 11.6 Å². The third-order valence-corrected chi connectivity index (χ3v) is 1.84. The number of alkyl halides is 1. The molecule has 0 aromatic heterocycles. The Morgan fingerprint density at radius 3 is 2.43 bits per heavy atom. The molecule has 1 rings (SSSR count). The van der Waals surface area contributed by atoms with Gasteiger partial charge in [0.1, 0.15) is 5.75 Å². The highest BCUT2D eigenvalue weighted by Crippen LogP contribution is 2.16. The number of benzene rings is 1. The molecule has 2 nitrogen and oxygen atoms in total. The van der Waals surface area contributed by atoms with Crippen LogP contribution in [0.1, 0.15) is 13.8 Å². The van der Waals surface area contributed by atoms with Gasteiger partial charge in [0, 0.05) is 18.1 Å². The molecule has 1 aromatic carbocycles. The Balaban J connectivity index is 2.50. The molecule has 0 aliphatic rings. The van der Waals surface area contributed by atoms with E-state index in [4.69, 9.17) is 16.3 Å². The molecule has 1 N–H and O–H groups in total. The second kappa shape index (κ2) is 5.76. The van der Waals surface area contributed by atoms with Gasteiger partial charge in [0.2, 0.25) is 0 Å². The molecule has 78 valence electrons. The second-order valence-corrected chi connectivity index (χ2v) is 3.68. The van der Waals surface area contributed by atoms with Crippen molar-refractivity contribution in [3.63, 3.8) is 0 Å². The van der Waals surface area contributed by atoms with Crippen LogP contribution in [0.2, 0.25) is 0 Å². The Hall–Kier alpha value is -0.890. The molecule has 0 spiro atoms. The van der Waals surface area contributed by atoms with Gasteiger partial charge in [0.15, 0.2) is 0 Å². The molecule has 0 heterocycles. The van der Waals surface area contributed by atoms with Crippen LogP contribution < -0.4 is 10.1 Å². The molecular weight excluding hydrogens is 198 g/mol. The minimum atomic E-state index is 0.219. The van der Waals surface area contributed by atoms with Gasteiger partial charge in [0.05, 0.1) is 6.10 Å². The van der Waals surface area contributed by atoms with E-state index < -0.39 is 0 Å². The topological polar surface area (TPSA) is 21.3 Å². The molecule has 0 fully saturated rings. The molecule has 0 radical (unpaired) electrons. The highest BCUT2D eigenvalue weighted by Gasteiger charge is 1.97. The van der Waals surface area contributed by atoms with Crippen molar-refractivity contribution in [2.75, 3.05) is 17.7 Å². The summed E-state index contributed by atoms with van der Waals surface area (Å²) in [7, 11) is 0. The maximum atomic E-state index is 5.56. The smallest absolute Gasteiger partial charge is 0.119 e. The van der Waals surface area contributed by atoms with Crippen molar-refractivity contribution in [3.8, 4) is 5.75 Å². The molecule has 0 saturated carbocycles. The van der Waals surface area contributed by atoms with Gasteiger partial charge in [-0.25, -0.2) is 0 Å². The Morgan fingerprint density at radius 2 is 1.93 bits per heavy atom. The van der Waals surface area contributed by atoms with Crippen LogP contribution in [0, 0.1) is 0 Å². The molecule has 14 heavy (non-hydrogen) atoms.